The third-order valence-corrected chi connectivity index (χ3v) is 5.91. The average molecular weight is 407 g/mol. The fraction of sp³-hybridized carbons (Fsp3) is 0.350. The highest BCUT2D eigenvalue weighted by Gasteiger charge is 2.40. The molecule has 0 aliphatic carbocycles. The van der Waals surface area contributed by atoms with Gasteiger partial charge in [-0.25, -0.2) is 4.98 Å². The zero-order chi connectivity index (χ0) is 19.8. The summed E-state index contributed by atoms with van der Waals surface area (Å²) < 4.78 is 0. The third kappa shape index (κ3) is 3.33. The Hall–Kier alpha value is -3.02. The van der Waals surface area contributed by atoms with Crippen LogP contribution in [0.5, 0.6) is 0 Å². The number of halogens is 1. The molecule has 2 aliphatic rings. The normalized spacial score (nSPS) is 21.7. The maximum absolute atomic E-state index is 9.38. The Kier molecular flexibility index (Phi) is 4.62. The van der Waals surface area contributed by atoms with Gasteiger partial charge in [-0.05, 0) is 48.4 Å². The number of rotatable bonds is 3. The molecule has 5 rings (SSSR count). The van der Waals surface area contributed by atoms with Gasteiger partial charge in [0.2, 0.25) is 0 Å². The Bertz CT molecular complexity index is 1070. The second-order valence-corrected chi connectivity index (χ2v) is 7.77. The zero-order valence-corrected chi connectivity index (χ0v) is 16.4. The molecule has 0 N–H and O–H groups in total. The first-order chi connectivity index (χ1) is 14.2. The maximum Gasteiger partial charge on any atom is 0.192 e. The summed E-state index contributed by atoms with van der Waals surface area (Å²) in [6.07, 6.45) is 3.80. The predicted molar refractivity (Wildman–Crippen MR) is 108 cm³/mol. The SMILES string of the molecule is N#Cc1cccnc1N1CCN2[C@@H](CC[C@@H]2c2nnn(-c3cccc(Cl)c3)n2)C1. The van der Waals surface area contributed by atoms with Crippen LogP contribution in [0.4, 0.5) is 5.82 Å². The Morgan fingerprint density at radius 3 is 2.93 bits per heavy atom. The second kappa shape index (κ2) is 7.43. The van der Waals surface area contributed by atoms with Gasteiger partial charge in [0.15, 0.2) is 5.82 Å². The number of nitriles is 1. The number of nitrogens with zero attached hydrogens (tertiary/aromatic N) is 8. The van der Waals surface area contributed by atoms with E-state index >= 15 is 0 Å². The number of pyridine rings is 1. The van der Waals surface area contributed by atoms with Crippen LogP contribution in [-0.2, 0) is 0 Å². The second-order valence-electron chi connectivity index (χ2n) is 7.33. The van der Waals surface area contributed by atoms with Crippen LogP contribution < -0.4 is 4.90 Å². The van der Waals surface area contributed by atoms with Crippen molar-refractivity contribution in [2.75, 3.05) is 24.5 Å². The molecule has 0 saturated carbocycles. The minimum atomic E-state index is 0.161. The van der Waals surface area contributed by atoms with Crippen LogP contribution in [0.2, 0.25) is 5.02 Å². The Balaban J connectivity index is 1.33. The molecule has 3 aromatic rings. The van der Waals surface area contributed by atoms with E-state index in [4.69, 9.17) is 11.6 Å². The van der Waals surface area contributed by atoms with E-state index in [0.717, 1.165) is 49.8 Å². The van der Waals surface area contributed by atoms with Crippen LogP contribution in [0.15, 0.2) is 42.6 Å². The van der Waals surface area contributed by atoms with E-state index in [1.165, 1.54) is 4.80 Å². The molecule has 2 fully saturated rings. The summed E-state index contributed by atoms with van der Waals surface area (Å²) in [4.78, 5) is 10.7. The summed E-state index contributed by atoms with van der Waals surface area (Å²) in [5, 5.41) is 23.2. The molecule has 4 heterocycles. The third-order valence-electron chi connectivity index (χ3n) is 5.67. The van der Waals surface area contributed by atoms with E-state index in [0.29, 0.717) is 16.6 Å². The minimum Gasteiger partial charge on any atom is -0.353 e. The zero-order valence-electron chi connectivity index (χ0n) is 15.7. The molecule has 0 spiro atoms. The predicted octanol–water partition coefficient (Wildman–Crippen LogP) is 2.61. The van der Waals surface area contributed by atoms with Crippen LogP contribution in [-0.4, -0.2) is 55.8 Å². The molecular formula is C20H19ClN8. The minimum absolute atomic E-state index is 0.161. The topological polar surface area (TPSA) is 86.8 Å². The lowest BCUT2D eigenvalue weighted by Gasteiger charge is -2.40. The number of hydrogen-bond acceptors (Lipinski definition) is 7. The highest BCUT2D eigenvalue weighted by atomic mass is 35.5. The van der Waals surface area contributed by atoms with Crippen molar-refractivity contribution in [2.45, 2.75) is 24.9 Å². The number of aromatic nitrogens is 5. The van der Waals surface area contributed by atoms with Crippen molar-refractivity contribution in [1.82, 2.24) is 30.1 Å². The summed E-state index contributed by atoms with van der Waals surface area (Å²) in [7, 11) is 0. The van der Waals surface area contributed by atoms with Crippen LogP contribution in [0.1, 0.15) is 30.3 Å². The van der Waals surface area contributed by atoms with Gasteiger partial charge in [0.05, 0.1) is 17.3 Å². The first-order valence-corrected chi connectivity index (χ1v) is 10.0. The van der Waals surface area contributed by atoms with Crippen molar-refractivity contribution < 1.29 is 0 Å². The van der Waals surface area contributed by atoms with Gasteiger partial charge in [-0.1, -0.05) is 17.7 Å². The van der Waals surface area contributed by atoms with Gasteiger partial charge in [0.25, 0.3) is 0 Å². The van der Waals surface area contributed by atoms with Crippen molar-refractivity contribution in [3.63, 3.8) is 0 Å². The van der Waals surface area contributed by atoms with Crippen LogP contribution in [0, 0.1) is 11.3 Å². The lowest BCUT2D eigenvalue weighted by atomic mass is 10.1. The van der Waals surface area contributed by atoms with Gasteiger partial charge in [-0.3, -0.25) is 4.90 Å². The number of tetrazole rings is 1. The molecule has 1 aromatic carbocycles. The van der Waals surface area contributed by atoms with Gasteiger partial charge in [-0.2, -0.15) is 5.26 Å². The van der Waals surface area contributed by atoms with Gasteiger partial charge in [0.1, 0.15) is 11.9 Å². The smallest absolute Gasteiger partial charge is 0.192 e. The number of hydrogen-bond donors (Lipinski definition) is 0. The highest BCUT2D eigenvalue weighted by Crippen LogP contribution is 2.37. The van der Waals surface area contributed by atoms with Crippen molar-refractivity contribution in [1.29, 1.82) is 5.26 Å². The number of fused-ring (bicyclic) bond motifs is 1. The molecule has 9 heteroatoms. The van der Waals surface area contributed by atoms with Crippen molar-refractivity contribution in [3.05, 3.63) is 59.0 Å². The Morgan fingerprint density at radius 2 is 2.07 bits per heavy atom. The van der Waals surface area contributed by atoms with Gasteiger partial charge in [0, 0.05) is 36.9 Å². The van der Waals surface area contributed by atoms with E-state index in [2.05, 4.69) is 36.3 Å². The molecule has 2 atom stereocenters. The summed E-state index contributed by atoms with van der Waals surface area (Å²) in [6.45, 7) is 2.55. The summed E-state index contributed by atoms with van der Waals surface area (Å²) >= 11 is 6.08. The largest absolute Gasteiger partial charge is 0.353 e. The maximum atomic E-state index is 9.38. The molecule has 2 aliphatic heterocycles. The summed E-state index contributed by atoms with van der Waals surface area (Å²) in [5.74, 6) is 1.53. The molecule has 29 heavy (non-hydrogen) atoms. The number of piperazine rings is 1. The highest BCUT2D eigenvalue weighted by molar-refractivity contribution is 6.30. The number of benzene rings is 1. The monoisotopic (exact) mass is 406 g/mol. The first-order valence-electron chi connectivity index (χ1n) is 9.64. The molecule has 2 saturated heterocycles. The Labute approximate surface area is 173 Å². The fourth-order valence-corrected chi connectivity index (χ4v) is 4.51. The van der Waals surface area contributed by atoms with Crippen molar-refractivity contribution >= 4 is 17.4 Å². The van der Waals surface area contributed by atoms with Crippen LogP contribution in [0.3, 0.4) is 0 Å². The lowest BCUT2D eigenvalue weighted by molar-refractivity contribution is 0.170. The molecule has 0 radical (unpaired) electrons. The van der Waals surface area contributed by atoms with E-state index in [9.17, 15) is 5.26 Å². The molecule has 2 aromatic heterocycles. The average Bonchev–Trinajstić information content (AvgIpc) is 3.40. The first kappa shape index (κ1) is 18.0. The van der Waals surface area contributed by atoms with Gasteiger partial charge >= 0.3 is 0 Å². The molecule has 146 valence electrons. The Morgan fingerprint density at radius 1 is 1.14 bits per heavy atom. The molecule has 0 amide bonds. The van der Waals surface area contributed by atoms with Crippen LogP contribution in [0.25, 0.3) is 5.69 Å². The molecule has 0 bridgehead atoms. The van der Waals surface area contributed by atoms with E-state index in [-0.39, 0.29) is 6.04 Å². The van der Waals surface area contributed by atoms with Crippen molar-refractivity contribution in [2.24, 2.45) is 0 Å². The number of anilines is 1. The molecular weight excluding hydrogens is 388 g/mol. The summed E-state index contributed by atoms with van der Waals surface area (Å²) in [6, 6.07) is 13.9. The molecule has 0 unspecified atom stereocenters. The van der Waals surface area contributed by atoms with Crippen molar-refractivity contribution in [3.8, 4) is 11.8 Å². The van der Waals surface area contributed by atoms with Gasteiger partial charge in [-0.15, -0.1) is 15.0 Å². The van der Waals surface area contributed by atoms with Crippen LogP contribution >= 0.6 is 11.6 Å². The van der Waals surface area contributed by atoms with E-state index in [1.54, 1.807) is 12.3 Å². The van der Waals surface area contributed by atoms with E-state index < -0.39 is 0 Å². The fourth-order valence-electron chi connectivity index (χ4n) is 4.33. The van der Waals surface area contributed by atoms with Gasteiger partial charge < -0.3 is 4.90 Å². The summed E-state index contributed by atoms with van der Waals surface area (Å²) in [5.41, 5.74) is 1.43. The quantitative estimate of drug-likeness (QED) is 0.660. The standard InChI is InChI=1S/C20H19ClN8/c21-15-4-1-5-16(11-15)29-25-19(24-26-29)18-7-6-17-13-27(9-10-28(17)18)20-14(12-22)3-2-8-23-20/h1-5,8,11,17-18H,6-7,9-10,13H2/t17-,18+/m0/s1. The molecule has 8 nitrogen and oxygen atoms in total. The van der Waals surface area contributed by atoms with E-state index in [1.807, 2.05) is 30.3 Å². The lowest BCUT2D eigenvalue weighted by Crippen LogP contribution is -2.51.